The van der Waals surface area contributed by atoms with Crippen LogP contribution in [0.4, 0.5) is 0 Å². The van der Waals surface area contributed by atoms with Crippen LogP contribution in [0.15, 0.2) is 54.9 Å². The Morgan fingerprint density at radius 2 is 1.95 bits per heavy atom. The molecule has 0 spiro atoms. The molecule has 0 unspecified atom stereocenters. The Bertz CT molecular complexity index is 889. The van der Waals surface area contributed by atoms with Crippen LogP contribution in [0.3, 0.4) is 0 Å². The first-order valence-corrected chi connectivity index (χ1v) is 7.09. The topological polar surface area (TPSA) is 50.8 Å². The van der Waals surface area contributed by atoms with E-state index in [4.69, 9.17) is 4.74 Å². The van der Waals surface area contributed by atoms with Crippen molar-refractivity contribution >= 4 is 0 Å². The van der Waals surface area contributed by atoms with Crippen LogP contribution in [0.1, 0.15) is 16.7 Å². The van der Waals surface area contributed by atoms with Gasteiger partial charge in [-0.3, -0.25) is 4.57 Å². The van der Waals surface area contributed by atoms with Gasteiger partial charge in [0.15, 0.2) is 0 Å². The third kappa shape index (κ3) is 2.00. The van der Waals surface area contributed by atoms with E-state index in [-0.39, 0.29) is 0 Å². The van der Waals surface area contributed by atoms with Crippen molar-refractivity contribution in [2.45, 2.75) is 13.2 Å². The first-order valence-electron chi connectivity index (χ1n) is 7.09. The maximum atomic E-state index is 9.30. The van der Waals surface area contributed by atoms with Gasteiger partial charge in [-0.2, -0.15) is 5.26 Å². The summed E-state index contributed by atoms with van der Waals surface area (Å²) in [5, 5.41) is 9.30. The molecule has 2 heterocycles. The Labute approximate surface area is 128 Å². The van der Waals surface area contributed by atoms with Crippen LogP contribution in [0, 0.1) is 11.3 Å². The quantitative estimate of drug-likeness (QED) is 0.725. The molecule has 1 aliphatic rings. The van der Waals surface area contributed by atoms with Gasteiger partial charge in [0.1, 0.15) is 5.82 Å². The molecule has 4 heteroatoms. The molecule has 22 heavy (non-hydrogen) atoms. The van der Waals surface area contributed by atoms with Gasteiger partial charge in [-0.05, 0) is 35.4 Å². The van der Waals surface area contributed by atoms with Crippen molar-refractivity contribution in [1.29, 1.82) is 5.26 Å². The average Bonchev–Trinajstić information content (AvgIpc) is 3.22. The Morgan fingerprint density at radius 3 is 2.86 bits per heavy atom. The third-order valence-corrected chi connectivity index (χ3v) is 3.91. The van der Waals surface area contributed by atoms with Crippen LogP contribution in [0.2, 0.25) is 0 Å². The molecule has 0 bridgehead atoms. The fraction of sp³-hybridized carbons (Fsp3) is 0.111. The molecule has 0 aliphatic carbocycles. The van der Waals surface area contributed by atoms with E-state index >= 15 is 0 Å². The second kappa shape index (κ2) is 5.14. The van der Waals surface area contributed by atoms with Crippen LogP contribution in [0.25, 0.3) is 17.1 Å². The molecule has 0 fully saturated rings. The minimum absolute atomic E-state index is 0.624. The molecule has 4 rings (SSSR count). The van der Waals surface area contributed by atoms with Crippen LogP contribution >= 0.6 is 0 Å². The van der Waals surface area contributed by atoms with Crippen molar-refractivity contribution in [1.82, 2.24) is 9.55 Å². The van der Waals surface area contributed by atoms with Crippen molar-refractivity contribution in [3.8, 4) is 23.1 Å². The number of nitriles is 1. The Balaban J connectivity index is 1.86. The summed E-state index contributed by atoms with van der Waals surface area (Å²) in [6.45, 7) is 1.34. The first-order chi connectivity index (χ1) is 10.9. The number of benzene rings is 2. The highest BCUT2D eigenvalue weighted by Crippen LogP contribution is 2.27. The van der Waals surface area contributed by atoms with Gasteiger partial charge >= 0.3 is 0 Å². The average molecular weight is 287 g/mol. The molecule has 0 atom stereocenters. The van der Waals surface area contributed by atoms with Crippen molar-refractivity contribution in [2.75, 3.05) is 0 Å². The largest absolute Gasteiger partial charge is 0.372 e. The molecular formula is C18H13N3O. The number of aromatic nitrogens is 2. The van der Waals surface area contributed by atoms with Gasteiger partial charge in [0.25, 0.3) is 0 Å². The zero-order valence-electron chi connectivity index (χ0n) is 11.9. The molecular weight excluding hydrogens is 274 g/mol. The van der Waals surface area contributed by atoms with E-state index in [1.165, 1.54) is 11.1 Å². The molecule has 4 nitrogen and oxygen atoms in total. The van der Waals surface area contributed by atoms with Gasteiger partial charge in [-0.15, -0.1) is 0 Å². The monoisotopic (exact) mass is 287 g/mol. The summed E-state index contributed by atoms with van der Waals surface area (Å²) >= 11 is 0. The van der Waals surface area contributed by atoms with E-state index in [9.17, 15) is 5.26 Å². The number of hydrogen-bond acceptors (Lipinski definition) is 3. The molecule has 0 saturated carbocycles. The zero-order chi connectivity index (χ0) is 14.9. The number of imidazole rings is 1. The normalized spacial score (nSPS) is 12.9. The second-order valence-electron chi connectivity index (χ2n) is 5.22. The summed E-state index contributed by atoms with van der Waals surface area (Å²) in [5.74, 6) is 0.774. The van der Waals surface area contributed by atoms with Gasteiger partial charge in [0, 0.05) is 23.6 Å². The smallest absolute Gasteiger partial charge is 0.145 e. The van der Waals surface area contributed by atoms with Crippen molar-refractivity contribution < 1.29 is 4.74 Å². The number of rotatable bonds is 2. The van der Waals surface area contributed by atoms with Crippen molar-refractivity contribution in [2.24, 2.45) is 0 Å². The fourth-order valence-electron chi connectivity index (χ4n) is 2.79. The van der Waals surface area contributed by atoms with Crippen LogP contribution in [-0.4, -0.2) is 9.55 Å². The molecule has 0 radical (unpaired) electrons. The summed E-state index contributed by atoms with van der Waals surface area (Å²) in [6.07, 6.45) is 3.67. The maximum Gasteiger partial charge on any atom is 0.145 e. The molecule has 1 aliphatic heterocycles. The highest BCUT2D eigenvalue weighted by atomic mass is 16.5. The SMILES string of the molecule is N#Cc1ccccc1-c1nccn1-c1ccc2c(c1)COC2. The summed E-state index contributed by atoms with van der Waals surface area (Å²) in [4.78, 5) is 4.45. The van der Waals surface area contributed by atoms with Gasteiger partial charge in [0.2, 0.25) is 0 Å². The molecule has 2 aromatic carbocycles. The van der Waals surface area contributed by atoms with E-state index in [1.807, 2.05) is 35.0 Å². The van der Waals surface area contributed by atoms with Gasteiger partial charge in [-0.25, -0.2) is 4.98 Å². The van der Waals surface area contributed by atoms with Crippen LogP contribution < -0.4 is 0 Å². The summed E-state index contributed by atoms with van der Waals surface area (Å²) < 4.78 is 7.48. The Hall–Kier alpha value is -2.90. The highest BCUT2D eigenvalue weighted by Gasteiger charge is 2.15. The zero-order valence-corrected chi connectivity index (χ0v) is 11.9. The van der Waals surface area contributed by atoms with Gasteiger partial charge < -0.3 is 4.74 Å². The van der Waals surface area contributed by atoms with E-state index in [1.54, 1.807) is 6.20 Å². The minimum Gasteiger partial charge on any atom is -0.372 e. The summed E-state index contributed by atoms with van der Waals surface area (Å²) in [5.41, 5.74) is 4.95. The van der Waals surface area contributed by atoms with Crippen LogP contribution in [-0.2, 0) is 18.0 Å². The fourth-order valence-corrected chi connectivity index (χ4v) is 2.79. The second-order valence-corrected chi connectivity index (χ2v) is 5.22. The highest BCUT2D eigenvalue weighted by molar-refractivity contribution is 5.66. The molecule has 0 saturated heterocycles. The summed E-state index contributed by atoms with van der Waals surface area (Å²) in [7, 11) is 0. The van der Waals surface area contributed by atoms with E-state index in [0.717, 1.165) is 17.1 Å². The number of fused-ring (bicyclic) bond motifs is 1. The molecule has 106 valence electrons. The van der Waals surface area contributed by atoms with E-state index < -0.39 is 0 Å². The molecule has 1 aromatic heterocycles. The van der Waals surface area contributed by atoms with Crippen molar-refractivity contribution in [3.05, 3.63) is 71.5 Å². The maximum absolute atomic E-state index is 9.30. The lowest BCUT2D eigenvalue weighted by Gasteiger charge is -2.10. The Morgan fingerprint density at radius 1 is 1.09 bits per heavy atom. The standard InChI is InChI=1S/C18H13N3O/c19-10-13-3-1-2-4-17(13)18-20-7-8-21(18)16-6-5-14-11-22-12-15(14)9-16/h1-9H,11-12H2. The molecule has 0 amide bonds. The van der Waals surface area contributed by atoms with Gasteiger partial charge in [0.05, 0.1) is 24.8 Å². The third-order valence-electron chi connectivity index (χ3n) is 3.91. The number of hydrogen-bond donors (Lipinski definition) is 0. The lowest BCUT2D eigenvalue weighted by molar-refractivity contribution is 0.134. The van der Waals surface area contributed by atoms with E-state index in [2.05, 4.69) is 29.3 Å². The molecule has 0 N–H and O–H groups in total. The minimum atomic E-state index is 0.624. The summed E-state index contributed by atoms with van der Waals surface area (Å²) in [6, 6.07) is 16.0. The van der Waals surface area contributed by atoms with E-state index in [0.29, 0.717) is 18.8 Å². The predicted octanol–water partition coefficient (Wildman–Crippen LogP) is 3.44. The molecule has 3 aromatic rings. The lowest BCUT2D eigenvalue weighted by Crippen LogP contribution is -1.99. The Kier molecular flexibility index (Phi) is 2.99. The predicted molar refractivity (Wildman–Crippen MR) is 82.2 cm³/mol. The first kappa shape index (κ1) is 12.8. The lowest BCUT2D eigenvalue weighted by atomic mass is 10.1. The van der Waals surface area contributed by atoms with Gasteiger partial charge in [-0.1, -0.05) is 18.2 Å². The number of nitrogens with zero attached hydrogens (tertiary/aromatic N) is 3. The van der Waals surface area contributed by atoms with Crippen LogP contribution in [0.5, 0.6) is 0 Å². The van der Waals surface area contributed by atoms with Crippen molar-refractivity contribution in [3.63, 3.8) is 0 Å². The number of ether oxygens (including phenoxy) is 1.